The monoisotopic (exact) mass is 580 g/mol. The smallest absolute Gasteiger partial charge is 0.408 e. The van der Waals surface area contributed by atoms with Gasteiger partial charge >= 0.3 is 12.2 Å². The summed E-state index contributed by atoms with van der Waals surface area (Å²) in [7, 11) is 0. The van der Waals surface area contributed by atoms with Gasteiger partial charge in [0.2, 0.25) is 0 Å². The molecule has 3 amide bonds. The number of hydrogen-bond donors (Lipinski definition) is 2. The molecule has 0 unspecified atom stereocenters. The number of pyridine rings is 2. The van der Waals surface area contributed by atoms with Gasteiger partial charge in [-0.3, -0.25) is 15.0 Å². The van der Waals surface area contributed by atoms with Crippen LogP contribution in [0, 0.1) is 6.92 Å². The summed E-state index contributed by atoms with van der Waals surface area (Å²) in [6.45, 7) is 10.4. The molecule has 11 nitrogen and oxygen atoms in total. The predicted octanol–water partition coefficient (Wildman–Crippen LogP) is 4.26. The summed E-state index contributed by atoms with van der Waals surface area (Å²) in [5, 5.41) is 4.67. The van der Waals surface area contributed by atoms with Crippen molar-refractivity contribution in [3.63, 3.8) is 0 Å². The topological polar surface area (TPSA) is 118 Å². The number of amides is 3. The number of aromatic nitrogens is 2. The largest absolute Gasteiger partial charge is 0.489 e. The van der Waals surface area contributed by atoms with E-state index < -0.39 is 29.9 Å². The number of aryl methyl sites for hydroxylation is 1. The van der Waals surface area contributed by atoms with E-state index in [4.69, 9.17) is 14.2 Å². The third-order valence-electron chi connectivity index (χ3n) is 6.72. The number of carbonyl (C=O) groups is 2. The highest BCUT2D eigenvalue weighted by atomic mass is 19.4. The first-order chi connectivity index (χ1) is 19.3. The second-order valence-corrected chi connectivity index (χ2v) is 10.4. The van der Waals surface area contributed by atoms with Crippen molar-refractivity contribution in [2.24, 2.45) is 0 Å². The van der Waals surface area contributed by atoms with Gasteiger partial charge in [0.1, 0.15) is 36.0 Å². The number of urea groups is 1. The normalized spacial score (nSPS) is 19.3. The predicted molar refractivity (Wildman–Crippen MR) is 145 cm³/mol. The van der Waals surface area contributed by atoms with E-state index in [0.717, 1.165) is 6.92 Å². The second kappa shape index (κ2) is 12.1. The lowest BCUT2D eigenvalue weighted by Gasteiger charge is -2.27. The molecule has 2 aromatic rings. The van der Waals surface area contributed by atoms with Crippen LogP contribution in [0.1, 0.15) is 50.2 Å². The second-order valence-electron chi connectivity index (χ2n) is 10.4. The van der Waals surface area contributed by atoms with E-state index in [-0.39, 0.29) is 36.6 Å². The molecular formula is C27H35F3N6O5. The van der Waals surface area contributed by atoms with Crippen LogP contribution in [-0.4, -0.2) is 78.9 Å². The van der Waals surface area contributed by atoms with Gasteiger partial charge in [0.05, 0.1) is 18.5 Å². The van der Waals surface area contributed by atoms with E-state index >= 15 is 0 Å². The molecule has 1 saturated heterocycles. The standard InChI is InChI=1S/C27H35F3N6O5/c1-6-35-10-7-11-36(23-22(35)16(2)12-20(33-23)24(37)32-17(3)27(28,29)30)25(38)34-21-9-8-18(13-31-21)39-14-19-15-40-26(4,5)41-19/h8-9,12-13,17,19H,6-7,10-11,14-15H2,1-5H3,(H,32,37)(H,31,34,38)/t17-,19-/m1/s1. The maximum absolute atomic E-state index is 13.4. The minimum Gasteiger partial charge on any atom is -0.489 e. The maximum atomic E-state index is 13.4. The number of fused-ring (bicyclic) bond motifs is 1. The van der Waals surface area contributed by atoms with Crippen molar-refractivity contribution < 1.29 is 37.0 Å². The lowest BCUT2D eigenvalue weighted by Crippen LogP contribution is -2.43. The number of rotatable bonds is 7. The van der Waals surface area contributed by atoms with Gasteiger partial charge in [-0.15, -0.1) is 0 Å². The Labute approximate surface area is 236 Å². The summed E-state index contributed by atoms with van der Waals surface area (Å²) in [6.07, 6.45) is -2.74. The number of halogens is 3. The molecular weight excluding hydrogens is 545 g/mol. The molecule has 2 aliphatic rings. The molecule has 4 rings (SSSR count). The Kier molecular flexibility index (Phi) is 8.92. The molecule has 0 radical (unpaired) electrons. The molecule has 1 fully saturated rings. The maximum Gasteiger partial charge on any atom is 0.408 e. The Morgan fingerprint density at radius 1 is 1.27 bits per heavy atom. The fraction of sp³-hybridized carbons (Fsp3) is 0.556. The minimum absolute atomic E-state index is 0.188. The molecule has 2 N–H and O–H groups in total. The fourth-order valence-corrected chi connectivity index (χ4v) is 4.60. The van der Waals surface area contributed by atoms with Crippen LogP contribution >= 0.6 is 0 Å². The lowest BCUT2D eigenvalue weighted by molar-refractivity contribution is -0.149. The van der Waals surface area contributed by atoms with Crippen LogP contribution in [0.3, 0.4) is 0 Å². The van der Waals surface area contributed by atoms with Crippen molar-refractivity contribution in [1.29, 1.82) is 0 Å². The summed E-state index contributed by atoms with van der Waals surface area (Å²) in [4.78, 5) is 38.2. The molecule has 14 heteroatoms. The number of hydrogen-bond acceptors (Lipinski definition) is 8. The molecule has 0 aliphatic carbocycles. The molecule has 0 saturated carbocycles. The Hall–Kier alpha value is -3.65. The van der Waals surface area contributed by atoms with E-state index in [0.29, 0.717) is 43.1 Å². The van der Waals surface area contributed by atoms with E-state index in [1.807, 2.05) is 31.0 Å². The molecule has 224 valence electrons. The first-order valence-corrected chi connectivity index (χ1v) is 13.4. The summed E-state index contributed by atoms with van der Waals surface area (Å²) in [5.74, 6) is -0.709. The number of ether oxygens (including phenoxy) is 3. The van der Waals surface area contributed by atoms with Crippen molar-refractivity contribution >= 4 is 29.3 Å². The van der Waals surface area contributed by atoms with E-state index in [1.54, 1.807) is 19.1 Å². The van der Waals surface area contributed by atoms with Gasteiger partial charge in [-0.05, 0) is 64.8 Å². The van der Waals surface area contributed by atoms with Crippen LogP contribution in [-0.2, 0) is 9.47 Å². The summed E-state index contributed by atoms with van der Waals surface area (Å²) >= 11 is 0. The first kappa shape index (κ1) is 30.3. The molecule has 2 aliphatic heterocycles. The molecule has 41 heavy (non-hydrogen) atoms. The van der Waals surface area contributed by atoms with Crippen LogP contribution < -0.4 is 25.2 Å². The zero-order valence-corrected chi connectivity index (χ0v) is 23.7. The quantitative estimate of drug-likeness (QED) is 0.499. The van der Waals surface area contributed by atoms with E-state index in [9.17, 15) is 22.8 Å². The highest BCUT2D eigenvalue weighted by Gasteiger charge is 2.38. The van der Waals surface area contributed by atoms with Crippen LogP contribution in [0.4, 0.5) is 35.3 Å². The number of nitrogens with one attached hydrogen (secondary N) is 2. The van der Waals surface area contributed by atoms with Crippen molar-refractivity contribution in [2.45, 2.75) is 65.1 Å². The molecule has 2 aromatic heterocycles. The summed E-state index contributed by atoms with van der Waals surface area (Å²) in [6, 6.07) is 2.07. The zero-order valence-electron chi connectivity index (χ0n) is 23.7. The highest BCUT2D eigenvalue weighted by Crippen LogP contribution is 2.35. The highest BCUT2D eigenvalue weighted by molar-refractivity contribution is 6.04. The van der Waals surface area contributed by atoms with Crippen molar-refractivity contribution in [1.82, 2.24) is 15.3 Å². The van der Waals surface area contributed by atoms with Crippen LogP contribution in [0.25, 0.3) is 0 Å². The van der Waals surface area contributed by atoms with E-state index in [2.05, 4.69) is 15.3 Å². The van der Waals surface area contributed by atoms with Crippen LogP contribution in [0.2, 0.25) is 0 Å². The molecule has 0 aromatic carbocycles. The number of nitrogens with zero attached hydrogens (tertiary/aromatic N) is 4. The number of anilines is 3. The third-order valence-corrected chi connectivity index (χ3v) is 6.72. The summed E-state index contributed by atoms with van der Waals surface area (Å²) < 4.78 is 56.1. The average molecular weight is 581 g/mol. The molecule has 0 bridgehead atoms. The van der Waals surface area contributed by atoms with Crippen molar-refractivity contribution in [3.05, 3.63) is 35.7 Å². The van der Waals surface area contributed by atoms with Gasteiger partial charge < -0.3 is 24.4 Å². The van der Waals surface area contributed by atoms with Gasteiger partial charge in [-0.2, -0.15) is 13.2 Å². The van der Waals surface area contributed by atoms with Gasteiger partial charge in [0.15, 0.2) is 11.6 Å². The Bertz CT molecular complexity index is 1260. The van der Waals surface area contributed by atoms with Gasteiger partial charge in [-0.25, -0.2) is 14.8 Å². The van der Waals surface area contributed by atoms with Gasteiger partial charge in [0.25, 0.3) is 5.91 Å². The minimum atomic E-state index is -4.61. The van der Waals surface area contributed by atoms with E-state index in [1.165, 1.54) is 17.2 Å². The van der Waals surface area contributed by atoms with Gasteiger partial charge in [-0.1, -0.05) is 0 Å². The van der Waals surface area contributed by atoms with Crippen molar-refractivity contribution in [3.8, 4) is 5.75 Å². The van der Waals surface area contributed by atoms with Crippen LogP contribution in [0.15, 0.2) is 24.4 Å². The fourth-order valence-electron chi connectivity index (χ4n) is 4.60. The van der Waals surface area contributed by atoms with Gasteiger partial charge in [0, 0.05) is 19.6 Å². The number of carbonyl (C=O) groups excluding carboxylic acids is 2. The SMILES string of the molecule is CCN1CCCN(C(=O)Nc2ccc(OC[C@@H]3COC(C)(C)O3)cn2)c2nc(C(=O)N[C@H](C)C(F)(F)F)cc(C)c21. The first-order valence-electron chi connectivity index (χ1n) is 13.4. The Morgan fingerprint density at radius 3 is 2.63 bits per heavy atom. The Balaban J connectivity index is 1.50. The van der Waals surface area contributed by atoms with Crippen molar-refractivity contribution in [2.75, 3.05) is 48.0 Å². The van der Waals surface area contributed by atoms with Crippen LogP contribution in [0.5, 0.6) is 5.75 Å². The Morgan fingerprint density at radius 2 is 2.02 bits per heavy atom. The lowest BCUT2D eigenvalue weighted by atomic mass is 10.1. The molecule has 4 heterocycles. The third kappa shape index (κ3) is 7.36. The molecule has 2 atom stereocenters. The molecule has 0 spiro atoms. The average Bonchev–Trinajstić information content (AvgIpc) is 3.14. The summed E-state index contributed by atoms with van der Waals surface area (Å²) in [5.41, 5.74) is 1.03. The number of alkyl halides is 3. The zero-order chi connectivity index (χ0) is 29.9.